The molecule has 0 unspecified atom stereocenters. The standard InChI is InChI=1S/C21H17N3O5S2/c1-13-5-3-4-6-15(13)20-22-21(29-23-20)19-18(9-10-30-19)31(25,26)24(2)14-7-8-16-17(11-14)28-12-27-16/h3-11H,12H2,1-2H3. The average Bonchev–Trinajstić information content (AvgIpc) is 3.52. The lowest BCUT2D eigenvalue weighted by molar-refractivity contribution is 0.174. The summed E-state index contributed by atoms with van der Waals surface area (Å²) >= 11 is 1.23. The molecule has 0 saturated carbocycles. The summed E-state index contributed by atoms with van der Waals surface area (Å²) in [6.07, 6.45) is 0. The molecule has 31 heavy (non-hydrogen) atoms. The minimum absolute atomic E-state index is 0.0950. The van der Waals surface area contributed by atoms with Gasteiger partial charge >= 0.3 is 0 Å². The highest BCUT2D eigenvalue weighted by Crippen LogP contribution is 2.39. The second-order valence-corrected chi connectivity index (χ2v) is 9.72. The summed E-state index contributed by atoms with van der Waals surface area (Å²) in [6.45, 7) is 2.07. The van der Waals surface area contributed by atoms with Crippen LogP contribution in [0.4, 0.5) is 5.69 Å². The first kappa shape index (κ1) is 19.6. The zero-order chi connectivity index (χ0) is 21.6. The van der Waals surface area contributed by atoms with E-state index in [0.717, 1.165) is 11.1 Å². The van der Waals surface area contributed by atoms with E-state index in [1.54, 1.807) is 23.6 Å². The van der Waals surface area contributed by atoms with Gasteiger partial charge in [0.2, 0.25) is 12.6 Å². The van der Waals surface area contributed by atoms with E-state index in [1.165, 1.54) is 28.8 Å². The summed E-state index contributed by atoms with van der Waals surface area (Å²) < 4.78 is 44.1. The Labute approximate surface area is 182 Å². The van der Waals surface area contributed by atoms with Gasteiger partial charge in [-0.1, -0.05) is 29.4 Å². The molecule has 0 amide bonds. The van der Waals surface area contributed by atoms with Crippen LogP contribution in [0, 0.1) is 6.92 Å². The van der Waals surface area contributed by atoms with Crippen LogP contribution in [0.2, 0.25) is 0 Å². The van der Waals surface area contributed by atoms with Gasteiger partial charge in [-0.05, 0) is 36.1 Å². The number of sulfonamides is 1. The molecule has 1 aliphatic rings. The van der Waals surface area contributed by atoms with Gasteiger partial charge in [0, 0.05) is 18.7 Å². The van der Waals surface area contributed by atoms with E-state index in [0.29, 0.717) is 27.9 Å². The summed E-state index contributed by atoms with van der Waals surface area (Å²) in [4.78, 5) is 4.93. The molecule has 5 rings (SSSR count). The number of benzene rings is 2. The van der Waals surface area contributed by atoms with Crippen molar-refractivity contribution in [2.75, 3.05) is 18.1 Å². The lowest BCUT2D eigenvalue weighted by Gasteiger charge is -2.19. The molecule has 158 valence electrons. The monoisotopic (exact) mass is 455 g/mol. The highest BCUT2D eigenvalue weighted by molar-refractivity contribution is 7.93. The second-order valence-electron chi connectivity index (χ2n) is 6.86. The van der Waals surface area contributed by atoms with E-state index in [-0.39, 0.29) is 17.6 Å². The van der Waals surface area contributed by atoms with E-state index < -0.39 is 10.0 Å². The fraction of sp³-hybridized carbons (Fsp3) is 0.143. The molecule has 0 radical (unpaired) electrons. The molecule has 0 bridgehead atoms. The molecule has 8 nitrogen and oxygen atoms in total. The van der Waals surface area contributed by atoms with Gasteiger partial charge in [0.15, 0.2) is 11.5 Å². The highest BCUT2D eigenvalue weighted by Gasteiger charge is 2.29. The number of ether oxygens (including phenoxy) is 2. The Morgan fingerprint density at radius 1 is 1.06 bits per heavy atom. The average molecular weight is 456 g/mol. The maximum atomic E-state index is 13.4. The number of aryl methyl sites for hydroxylation is 1. The first-order chi connectivity index (χ1) is 14.9. The van der Waals surface area contributed by atoms with Crippen molar-refractivity contribution in [3.63, 3.8) is 0 Å². The van der Waals surface area contributed by atoms with Crippen LogP contribution in [-0.2, 0) is 10.0 Å². The van der Waals surface area contributed by atoms with Gasteiger partial charge in [0.25, 0.3) is 15.9 Å². The molecular formula is C21H17N3O5S2. The number of rotatable bonds is 5. The summed E-state index contributed by atoms with van der Waals surface area (Å²) in [6, 6.07) is 14.2. The highest BCUT2D eigenvalue weighted by atomic mass is 32.2. The van der Waals surface area contributed by atoms with Gasteiger partial charge in [-0.25, -0.2) is 8.42 Å². The first-order valence-electron chi connectivity index (χ1n) is 9.31. The van der Waals surface area contributed by atoms with Crippen molar-refractivity contribution in [2.24, 2.45) is 0 Å². The SMILES string of the molecule is Cc1ccccc1-c1noc(-c2sccc2S(=O)(=O)N(C)c2ccc3c(c2)OCO3)n1. The van der Waals surface area contributed by atoms with Crippen LogP contribution in [0.1, 0.15) is 5.56 Å². The second kappa shape index (κ2) is 7.40. The molecule has 0 aliphatic carbocycles. The van der Waals surface area contributed by atoms with Gasteiger partial charge in [0.05, 0.1) is 5.69 Å². The van der Waals surface area contributed by atoms with E-state index >= 15 is 0 Å². The molecule has 2 aromatic heterocycles. The number of fused-ring (bicyclic) bond motifs is 1. The molecule has 10 heteroatoms. The molecule has 0 fully saturated rings. The Morgan fingerprint density at radius 3 is 2.71 bits per heavy atom. The Morgan fingerprint density at radius 2 is 1.87 bits per heavy atom. The van der Waals surface area contributed by atoms with Crippen molar-refractivity contribution in [3.05, 3.63) is 59.5 Å². The van der Waals surface area contributed by atoms with Crippen LogP contribution in [0.3, 0.4) is 0 Å². The van der Waals surface area contributed by atoms with Crippen molar-refractivity contribution in [1.82, 2.24) is 10.1 Å². The molecule has 1 aliphatic heterocycles. The minimum atomic E-state index is -3.89. The largest absolute Gasteiger partial charge is 0.454 e. The fourth-order valence-corrected chi connectivity index (χ4v) is 5.78. The first-order valence-corrected chi connectivity index (χ1v) is 11.6. The Kier molecular flexibility index (Phi) is 4.67. The van der Waals surface area contributed by atoms with Crippen molar-refractivity contribution in [1.29, 1.82) is 0 Å². The quantitative estimate of drug-likeness (QED) is 0.442. The van der Waals surface area contributed by atoms with E-state index in [2.05, 4.69) is 10.1 Å². The van der Waals surface area contributed by atoms with Crippen LogP contribution in [-0.4, -0.2) is 32.4 Å². The number of aromatic nitrogens is 2. The molecule has 0 saturated heterocycles. The molecule has 0 spiro atoms. The molecule has 0 atom stereocenters. The van der Waals surface area contributed by atoms with Gasteiger partial charge in [-0.3, -0.25) is 4.31 Å². The molecule has 4 aromatic rings. The summed E-state index contributed by atoms with van der Waals surface area (Å²) in [5.41, 5.74) is 2.28. The maximum absolute atomic E-state index is 13.4. The van der Waals surface area contributed by atoms with E-state index in [4.69, 9.17) is 14.0 Å². The summed E-state index contributed by atoms with van der Waals surface area (Å²) in [5, 5.41) is 5.74. The molecule has 0 N–H and O–H groups in total. The van der Waals surface area contributed by atoms with Crippen LogP contribution >= 0.6 is 11.3 Å². The lowest BCUT2D eigenvalue weighted by Crippen LogP contribution is -2.26. The minimum Gasteiger partial charge on any atom is -0.454 e. The molecule has 2 aromatic carbocycles. The Balaban J connectivity index is 1.51. The van der Waals surface area contributed by atoms with Gasteiger partial charge in [0.1, 0.15) is 9.77 Å². The third kappa shape index (κ3) is 3.33. The third-order valence-corrected chi connectivity index (χ3v) is 7.85. The number of hydrogen-bond donors (Lipinski definition) is 0. The number of thiophene rings is 1. The zero-order valence-electron chi connectivity index (χ0n) is 16.6. The Hall–Kier alpha value is -3.37. The fourth-order valence-electron chi connectivity index (χ4n) is 3.27. The van der Waals surface area contributed by atoms with Crippen LogP contribution in [0.15, 0.2) is 63.3 Å². The van der Waals surface area contributed by atoms with Gasteiger partial charge in [-0.2, -0.15) is 4.98 Å². The maximum Gasteiger partial charge on any atom is 0.269 e. The van der Waals surface area contributed by atoms with E-state index in [1.807, 2.05) is 31.2 Å². The van der Waals surface area contributed by atoms with E-state index in [9.17, 15) is 8.42 Å². The van der Waals surface area contributed by atoms with Crippen LogP contribution in [0.25, 0.3) is 22.2 Å². The predicted octanol–water partition coefficient (Wildman–Crippen LogP) is 4.33. The van der Waals surface area contributed by atoms with Crippen molar-refractivity contribution in [3.8, 4) is 33.7 Å². The number of nitrogens with zero attached hydrogens (tertiary/aromatic N) is 3. The van der Waals surface area contributed by atoms with Crippen LogP contribution in [0.5, 0.6) is 11.5 Å². The van der Waals surface area contributed by atoms with Crippen LogP contribution < -0.4 is 13.8 Å². The number of anilines is 1. The third-order valence-electron chi connectivity index (χ3n) is 4.99. The lowest BCUT2D eigenvalue weighted by atomic mass is 10.1. The van der Waals surface area contributed by atoms with Crippen molar-refractivity contribution in [2.45, 2.75) is 11.8 Å². The molecular weight excluding hydrogens is 438 g/mol. The smallest absolute Gasteiger partial charge is 0.269 e. The number of hydrogen-bond acceptors (Lipinski definition) is 8. The van der Waals surface area contributed by atoms with Gasteiger partial charge < -0.3 is 14.0 Å². The topological polar surface area (TPSA) is 94.8 Å². The molecule has 3 heterocycles. The summed E-state index contributed by atoms with van der Waals surface area (Å²) in [7, 11) is -2.40. The normalized spacial score (nSPS) is 12.8. The summed E-state index contributed by atoms with van der Waals surface area (Å²) in [5.74, 6) is 1.66. The van der Waals surface area contributed by atoms with Crippen molar-refractivity contribution < 1.29 is 22.4 Å². The zero-order valence-corrected chi connectivity index (χ0v) is 18.2. The van der Waals surface area contributed by atoms with Crippen molar-refractivity contribution >= 4 is 27.0 Å². The Bertz CT molecular complexity index is 1380. The van der Waals surface area contributed by atoms with Gasteiger partial charge in [-0.15, -0.1) is 11.3 Å². The predicted molar refractivity (Wildman–Crippen MR) is 116 cm³/mol.